The van der Waals surface area contributed by atoms with Gasteiger partial charge in [0.25, 0.3) is 11.8 Å². The topological polar surface area (TPSA) is 177 Å². The fraction of sp³-hybridized carbons (Fsp3) is 0.645. The van der Waals surface area contributed by atoms with Crippen LogP contribution >= 0.6 is 0 Å². The fourth-order valence-corrected chi connectivity index (χ4v) is 5.49. The van der Waals surface area contributed by atoms with E-state index in [1.165, 1.54) is 4.90 Å². The van der Waals surface area contributed by atoms with Crippen molar-refractivity contribution in [3.63, 3.8) is 0 Å². The molecule has 4 N–H and O–H groups in total. The number of carbonyl (C=O) groups excluding carboxylic acids is 5. The standard InChI is InChI=1S/C31H46N6O9/c1-3-9-43-11-13-45-14-12-44-10-7-33-28(39)20-46-26-16-22(34-18-29(40)36-8-6-32-17-21(36)2)15-23-24(26)19-37(31(23)42)25-4-5-27(38)35-30(25)41/h15-16,21,25,32,34H,3-14,17-20H2,1-2H3,(H,33,39)(H,35,38,41). The van der Waals surface area contributed by atoms with Crippen molar-refractivity contribution in [2.75, 3.05) is 84.3 Å². The summed E-state index contributed by atoms with van der Waals surface area (Å²) in [6.45, 7) is 8.96. The molecule has 2 atom stereocenters. The summed E-state index contributed by atoms with van der Waals surface area (Å²) in [6, 6.07) is 2.53. The number of amides is 5. The molecule has 5 amide bonds. The molecule has 0 aromatic heterocycles. The van der Waals surface area contributed by atoms with Gasteiger partial charge < -0.3 is 44.7 Å². The molecule has 2 saturated heterocycles. The first kappa shape index (κ1) is 35.1. The second-order valence-corrected chi connectivity index (χ2v) is 11.4. The van der Waals surface area contributed by atoms with Crippen molar-refractivity contribution >= 4 is 35.2 Å². The first-order valence-corrected chi connectivity index (χ1v) is 16.0. The number of fused-ring (bicyclic) bond motifs is 1. The number of anilines is 1. The van der Waals surface area contributed by atoms with Crippen LogP contribution in [-0.2, 0) is 39.9 Å². The first-order valence-electron chi connectivity index (χ1n) is 16.0. The Morgan fingerprint density at radius 2 is 1.76 bits per heavy atom. The Hall–Kier alpha value is -3.79. The molecule has 4 rings (SSSR count). The summed E-state index contributed by atoms with van der Waals surface area (Å²) in [5, 5.41) is 11.4. The number of piperazine rings is 1. The molecule has 0 saturated carbocycles. The number of ether oxygens (including phenoxy) is 4. The van der Waals surface area contributed by atoms with E-state index < -0.39 is 11.9 Å². The third-order valence-corrected chi connectivity index (χ3v) is 7.90. The van der Waals surface area contributed by atoms with E-state index in [0.717, 1.165) is 13.0 Å². The van der Waals surface area contributed by atoms with Gasteiger partial charge in [0.15, 0.2) is 6.61 Å². The Morgan fingerprint density at radius 1 is 1.02 bits per heavy atom. The molecule has 3 aliphatic rings. The highest BCUT2D eigenvalue weighted by Gasteiger charge is 2.40. The molecule has 254 valence electrons. The van der Waals surface area contributed by atoms with Crippen LogP contribution in [0.4, 0.5) is 5.69 Å². The smallest absolute Gasteiger partial charge is 0.258 e. The minimum atomic E-state index is -0.805. The van der Waals surface area contributed by atoms with Crippen molar-refractivity contribution < 1.29 is 42.9 Å². The van der Waals surface area contributed by atoms with Gasteiger partial charge in [-0.3, -0.25) is 29.3 Å². The van der Waals surface area contributed by atoms with Crippen LogP contribution in [0.1, 0.15) is 49.0 Å². The average molecular weight is 647 g/mol. The number of nitrogens with zero attached hydrogens (tertiary/aromatic N) is 2. The lowest BCUT2D eigenvalue weighted by atomic mass is 10.0. The second-order valence-electron chi connectivity index (χ2n) is 11.4. The first-order chi connectivity index (χ1) is 22.3. The maximum atomic E-state index is 13.5. The predicted molar refractivity (Wildman–Crippen MR) is 166 cm³/mol. The van der Waals surface area contributed by atoms with Gasteiger partial charge in [-0.05, 0) is 25.8 Å². The Bertz CT molecular complexity index is 1250. The molecule has 1 aromatic carbocycles. The minimum absolute atomic E-state index is 0.00573. The van der Waals surface area contributed by atoms with E-state index in [-0.39, 0.29) is 74.5 Å². The van der Waals surface area contributed by atoms with Gasteiger partial charge in [0, 0.05) is 62.6 Å². The van der Waals surface area contributed by atoms with E-state index in [9.17, 15) is 24.0 Å². The largest absolute Gasteiger partial charge is 0.483 e. The highest BCUT2D eigenvalue weighted by Crippen LogP contribution is 2.36. The molecular weight excluding hydrogens is 600 g/mol. The van der Waals surface area contributed by atoms with Crippen LogP contribution in [0.2, 0.25) is 0 Å². The zero-order valence-corrected chi connectivity index (χ0v) is 26.7. The quantitative estimate of drug-likeness (QED) is 0.121. The molecule has 15 heteroatoms. The Balaban J connectivity index is 1.32. The number of hydrogen-bond donors (Lipinski definition) is 4. The van der Waals surface area contributed by atoms with E-state index >= 15 is 0 Å². The third-order valence-electron chi connectivity index (χ3n) is 7.90. The number of carbonyl (C=O) groups is 5. The van der Waals surface area contributed by atoms with Crippen molar-refractivity contribution in [1.29, 1.82) is 0 Å². The van der Waals surface area contributed by atoms with Crippen LogP contribution in [0.3, 0.4) is 0 Å². The van der Waals surface area contributed by atoms with Gasteiger partial charge in [0.1, 0.15) is 11.8 Å². The Morgan fingerprint density at radius 3 is 2.48 bits per heavy atom. The summed E-state index contributed by atoms with van der Waals surface area (Å²) in [6.07, 6.45) is 1.31. The summed E-state index contributed by atoms with van der Waals surface area (Å²) in [5.41, 5.74) is 1.30. The lowest BCUT2D eigenvalue weighted by Gasteiger charge is -2.34. The molecule has 3 heterocycles. The number of piperidine rings is 1. The maximum absolute atomic E-state index is 13.5. The Kier molecular flexibility index (Phi) is 13.6. The van der Waals surface area contributed by atoms with Crippen LogP contribution in [0.15, 0.2) is 12.1 Å². The van der Waals surface area contributed by atoms with E-state index in [0.29, 0.717) is 69.5 Å². The van der Waals surface area contributed by atoms with Crippen LogP contribution < -0.4 is 26.0 Å². The van der Waals surface area contributed by atoms with Gasteiger partial charge in [-0.15, -0.1) is 0 Å². The molecule has 3 aliphatic heterocycles. The van der Waals surface area contributed by atoms with Gasteiger partial charge in [-0.2, -0.15) is 0 Å². The normalized spacial score (nSPS) is 19.6. The van der Waals surface area contributed by atoms with Crippen molar-refractivity contribution in [2.45, 2.75) is 51.7 Å². The monoisotopic (exact) mass is 646 g/mol. The maximum Gasteiger partial charge on any atom is 0.258 e. The van der Waals surface area contributed by atoms with Gasteiger partial charge in [0.05, 0.1) is 51.7 Å². The van der Waals surface area contributed by atoms with Gasteiger partial charge in [0.2, 0.25) is 17.7 Å². The van der Waals surface area contributed by atoms with Crippen molar-refractivity contribution in [3.8, 4) is 5.75 Å². The molecular formula is C31H46N6O9. The molecule has 0 radical (unpaired) electrons. The lowest BCUT2D eigenvalue weighted by Crippen LogP contribution is -2.53. The van der Waals surface area contributed by atoms with Crippen LogP contribution in [0.25, 0.3) is 0 Å². The molecule has 2 fully saturated rings. The van der Waals surface area contributed by atoms with Crippen molar-refractivity contribution in [2.24, 2.45) is 0 Å². The number of benzene rings is 1. The van der Waals surface area contributed by atoms with E-state index in [1.807, 2.05) is 13.8 Å². The fourth-order valence-electron chi connectivity index (χ4n) is 5.49. The zero-order valence-electron chi connectivity index (χ0n) is 26.7. The number of imide groups is 1. The molecule has 0 spiro atoms. The minimum Gasteiger partial charge on any atom is -0.483 e. The molecule has 1 aromatic rings. The second kappa shape index (κ2) is 17.8. The summed E-state index contributed by atoms with van der Waals surface area (Å²) in [5.74, 6) is -1.46. The SMILES string of the molecule is CCCOCCOCCOCCNC(=O)COc1cc(NCC(=O)N2CCNCC2C)cc2c1CN(C1CCC(=O)NC1=O)C2=O. The van der Waals surface area contributed by atoms with Gasteiger partial charge in [-0.25, -0.2) is 0 Å². The molecule has 0 bridgehead atoms. The summed E-state index contributed by atoms with van der Waals surface area (Å²) in [4.78, 5) is 66.5. The predicted octanol–water partition coefficient (Wildman–Crippen LogP) is -0.365. The van der Waals surface area contributed by atoms with E-state index in [1.54, 1.807) is 17.0 Å². The van der Waals surface area contributed by atoms with Crippen LogP contribution in [0, 0.1) is 0 Å². The number of rotatable bonds is 18. The molecule has 15 nitrogen and oxygen atoms in total. The number of hydrogen-bond acceptors (Lipinski definition) is 11. The summed E-state index contributed by atoms with van der Waals surface area (Å²) in [7, 11) is 0. The van der Waals surface area contributed by atoms with Gasteiger partial charge >= 0.3 is 0 Å². The van der Waals surface area contributed by atoms with Gasteiger partial charge in [-0.1, -0.05) is 6.92 Å². The van der Waals surface area contributed by atoms with Crippen molar-refractivity contribution in [1.82, 2.24) is 25.8 Å². The zero-order chi connectivity index (χ0) is 32.9. The molecule has 46 heavy (non-hydrogen) atoms. The molecule has 0 aliphatic carbocycles. The summed E-state index contributed by atoms with van der Waals surface area (Å²) < 4.78 is 22.2. The Labute approximate surface area is 269 Å². The van der Waals surface area contributed by atoms with E-state index in [2.05, 4.69) is 21.3 Å². The highest BCUT2D eigenvalue weighted by atomic mass is 16.5. The highest BCUT2D eigenvalue weighted by molar-refractivity contribution is 6.06. The summed E-state index contributed by atoms with van der Waals surface area (Å²) >= 11 is 0. The lowest BCUT2D eigenvalue weighted by molar-refractivity contribution is -0.137. The van der Waals surface area contributed by atoms with Crippen LogP contribution in [-0.4, -0.2) is 130 Å². The average Bonchev–Trinajstić information content (AvgIpc) is 3.37. The molecule has 2 unspecified atom stereocenters. The van der Waals surface area contributed by atoms with E-state index in [4.69, 9.17) is 18.9 Å². The van der Waals surface area contributed by atoms with Crippen molar-refractivity contribution in [3.05, 3.63) is 23.3 Å². The third kappa shape index (κ3) is 9.85. The van der Waals surface area contributed by atoms with Crippen LogP contribution in [0.5, 0.6) is 5.75 Å². The number of nitrogens with one attached hydrogen (secondary N) is 4.